The van der Waals surface area contributed by atoms with Gasteiger partial charge in [0.25, 0.3) is 5.91 Å². The van der Waals surface area contributed by atoms with Gasteiger partial charge in [-0.15, -0.1) is 0 Å². The first-order valence-corrected chi connectivity index (χ1v) is 8.76. The molecule has 2 heterocycles. The third-order valence-electron chi connectivity index (χ3n) is 4.85. The lowest BCUT2D eigenvalue weighted by molar-refractivity contribution is -0.127. The number of aromatic nitrogens is 2. The van der Waals surface area contributed by atoms with Gasteiger partial charge >= 0.3 is 0 Å². The van der Waals surface area contributed by atoms with Crippen LogP contribution < -0.4 is 5.32 Å². The van der Waals surface area contributed by atoms with Crippen LogP contribution in [-0.2, 0) is 4.79 Å². The Morgan fingerprint density at radius 2 is 2.04 bits per heavy atom. The summed E-state index contributed by atoms with van der Waals surface area (Å²) in [4.78, 5) is 26.2. The van der Waals surface area contributed by atoms with Crippen LogP contribution in [0.1, 0.15) is 35.3 Å². The molecule has 3 rings (SSSR count). The van der Waals surface area contributed by atoms with Crippen molar-refractivity contribution in [2.45, 2.75) is 31.8 Å². The summed E-state index contributed by atoms with van der Waals surface area (Å²) in [5, 5.41) is 17.6. The predicted molar refractivity (Wildman–Crippen MR) is 97.1 cm³/mol. The molecular formula is C19H24N4O3. The SMILES string of the molecule is CNC(=O)CC1(O)CCCN(C(=O)c2cnn(-c3ccccc3)c2C)C1. The smallest absolute Gasteiger partial charge is 0.257 e. The molecule has 0 aliphatic carbocycles. The van der Waals surface area contributed by atoms with Crippen molar-refractivity contribution in [3.63, 3.8) is 0 Å². The van der Waals surface area contributed by atoms with Gasteiger partial charge in [0.1, 0.15) is 0 Å². The summed E-state index contributed by atoms with van der Waals surface area (Å²) in [6.07, 6.45) is 2.73. The number of carbonyl (C=O) groups excluding carboxylic acids is 2. The first kappa shape index (κ1) is 18.1. The Bertz CT molecular complexity index is 802. The van der Waals surface area contributed by atoms with E-state index in [-0.39, 0.29) is 24.8 Å². The Labute approximate surface area is 152 Å². The number of amides is 2. The normalized spacial score (nSPS) is 20.0. The third kappa shape index (κ3) is 3.62. The van der Waals surface area contributed by atoms with Crippen molar-refractivity contribution >= 4 is 11.8 Å². The molecule has 0 spiro atoms. The van der Waals surface area contributed by atoms with Crippen LogP contribution in [0, 0.1) is 6.92 Å². The van der Waals surface area contributed by atoms with E-state index < -0.39 is 5.60 Å². The molecule has 1 atom stereocenters. The van der Waals surface area contributed by atoms with Crippen molar-refractivity contribution in [2.75, 3.05) is 20.1 Å². The molecule has 138 valence electrons. The van der Waals surface area contributed by atoms with Crippen LogP contribution in [0.4, 0.5) is 0 Å². The number of para-hydroxylation sites is 1. The summed E-state index contributed by atoms with van der Waals surface area (Å²) in [7, 11) is 1.54. The van der Waals surface area contributed by atoms with Crippen LogP contribution in [0.5, 0.6) is 0 Å². The zero-order valence-electron chi connectivity index (χ0n) is 15.1. The molecule has 1 aromatic heterocycles. The number of carbonyl (C=O) groups is 2. The number of rotatable bonds is 4. The largest absolute Gasteiger partial charge is 0.388 e. The van der Waals surface area contributed by atoms with Gasteiger partial charge in [0.2, 0.25) is 5.91 Å². The van der Waals surface area contributed by atoms with Crippen molar-refractivity contribution in [3.05, 3.63) is 47.8 Å². The van der Waals surface area contributed by atoms with Gasteiger partial charge in [0.15, 0.2) is 0 Å². The van der Waals surface area contributed by atoms with E-state index in [0.29, 0.717) is 24.9 Å². The average Bonchev–Trinajstić information content (AvgIpc) is 3.02. The van der Waals surface area contributed by atoms with Crippen molar-refractivity contribution in [3.8, 4) is 5.69 Å². The molecule has 1 aliphatic rings. The Balaban J connectivity index is 1.79. The molecule has 2 aromatic rings. The van der Waals surface area contributed by atoms with E-state index >= 15 is 0 Å². The zero-order valence-corrected chi connectivity index (χ0v) is 15.1. The molecule has 1 aliphatic heterocycles. The first-order chi connectivity index (χ1) is 12.4. The summed E-state index contributed by atoms with van der Waals surface area (Å²) in [6.45, 7) is 2.56. The number of piperidine rings is 1. The predicted octanol–water partition coefficient (Wildman–Crippen LogP) is 1.28. The van der Waals surface area contributed by atoms with E-state index in [1.54, 1.807) is 22.8 Å². The molecule has 0 bridgehead atoms. The number of hydrogen-bond donors (Lipinski definition) is 2. The number of aliphatic hydroxyl groups is 1. The van der Waals surface area contributed by atoms with E-state index in [0.717, 1.165) is 11.4 Å². The molecule has 1 aromatic carbocycles. The minimum absolute atomic E-state index is 0.00443. The van der Waals surface area contributed by atoms with Crippen LogP contribution in [0.3, 0.4) is 0 Å². The van der Waals surface area contributed by atoms with Crippen LogP contribution in [0.15, 0.2) is 36.5 Å². The van der Waals surface area contributed by atoms with Gasteiger partial charge in [-0.25, -0.2) is 4.68 Å². The van der Waals surface area contributed by atoms with Gasteiger partial charge in [0.05, 0.1) is 41.7 Å². The molecule has 1 unspecified atom stereocenters. The lowest BCUT2D eigenvalue weighted by Gasteiger charge is -2.38. The molecule has 1 fully saturated rings. The van der Waals surface area contributed by atoms with Crippen LogP contribution in [0.2, 0.25) is 0 Å². The fraction of sp³-hybridized carbons (Fsp3) is 0.421. The maximum Gasteiger partial charge on any atom is 0.257 e. The van der Waals surface area contributed by atoms with Crippen molar-refractivity contribution in [1.29, 1.82) is 0 Å². The van der Waals surface area contributed by atoms with Gasteiger partial charge in [0, 0.05) is 13.6 Å². The highest BCUT2D eigenvalue weighted by molar-refractivity contribution is 5.95. The highest BCUT2D eigenvalue weighted by atomic mass is 16.3. The third-order valence-corrected chi connectivity index (χ3v) is 4.85. The van der Waals surface area contributed by atoms with E-state index in [4.69, 9.17) is 0 Å². The minimum Gasteiger partial charge on any atom is -0.388 e. The van der Waals surface area contributed by atoms with E-state index in [9.17, 15) is 14.7 Å². The number of nitrogens with one attached hydrogen (secondary N) is 1. The molecule has 0 radical (unpaired) electrons. The molecule has 26 heavy (non-hydrogen) atoms. The highest BCUT2D eigenvalue weighted by Crippen LogP contribution is 2.26. The fourth-order valence-corrected chi connectivity index (χ4v) is 3.44. The Morgan fingerprint density at radius 1 is 1.31 bits per heavy atom. The molecule has 2 N–H and O–H groups in total. The number of hydrogen-bond acceptors (Lipinski definition) is 4. The molecule has 0 saturated carbocycles. The summed E-state index contributed by atoms with van der Waals surface area (Å²) in [5.41, 5.74) is 0.968. The van der Waals surface area contributed by atoms with Crippen LogP contribution in [0.25, 0.3) is 5.69 Å². The average molecular weight is 356 g/mol. The minimum atomic E-state index is -1.18. The van der Waals surface area contributed by atoms with Crippen molar-refractivity contribution in [1.82, 2.24) is 20.0 Å². The molecule has 2 amide bonds. The molecule has 1 saturated heterocycles. The summed E-state index contributed by atoms with van der Waals surface area (Å²) in [5.74, 6) is -0.394. The molecular weight excluding hydrogens is 332 g/mol. The summed E-state index contributed by atoms with van der Waals surface area (Å²) < 4.78 is 1.73. The van der Waals surface area contributed by atoms with Gasteiger partial charge in [-0.3, -0.25) is 9.59 Å². The Morgan fingerprint density at radius 3 is 2.73 bits per heavy atom. The summed E-state index contributed by atoms with van der Waals surface area (Å²) >= 11 is 0. The quantitative estimate of drug-likeness (QED) is 0.864. The van der Waals surface area contributed by atoms with Gasteiger partial charge in [-0.1, -0.05) is 18.2 Å². The standard InChI is InChI=1S/C19H24N4O3/c1-14-16(12-21-23(14)15-7-4-3-5-8-15)18(25)22-10-6-9-19(26,13-22)11-17(24)20-2/h3-5,7-8,12,26H,6,9-11,13H2,1-2H3,(H,20,24). The van der Waals surface area contributed by atoms with Gasteiger partial charge in [-0.05, 0) is 31.9 Å². The number of β-amino-alcohol motifs (C(OH)–C–C–N with tert-alkyl or cyclic N) is 1. The second-order valence-electron chi connectivity index (χ2n) is 6.80. The number of likely N-dealkylation sites (tertiary alicyclic amines) is 1. The molecule has 7 nitrogen and oxygen atoms in total. The van der Waals surface area contributed by atoms with E-state index in [1.807, 2.05) is 37.3 Å². The van der Waals surface area contributed by atoms with E-state index in [1.165, 1.54) is 0 Å². The second kappa shape index (κ2) is 7.29. The zero-order chi connectivity index (χ0) is 18.7. The first-order valence-electron chi connectivity index (χ1n) is 8.76. The number of benzene rings is 1. The van der Waals surface area contributed by atoms with Crippen molar-refractivity contribution in [2.24, 2.45) is 0 Å². The Kier molecular flexibility index (Phi) is 5.08. The van der Waals surface area contributed by atoms with Crippen LogP contribution >= 0.6 is 0 Å². The maximum absolute atomic E-state index is 13.0. The monoisotopic (exact) mass is 356 g/mol. The Hall–Kier alpha value is -2.67. The number of nitrogens with zero attached hydrogens (tertiary/aromatic N) is 3. The maximum atomic E-state index is 13.0. The van der Waals surface area contributed by atoms with E-state index in [2.05, 4.69) is 10.4 Å². The van der Waals surface area contributed by atoms with Gasteiger partial charge in [-0.2, -0.15) is 5.10 Å². The highest BCUT2D eigenvalue weighted by Gasteiger charge is 2.37. The topological polar surface area (TPSA) is 87.5 Å². The van der Waals surface area contributed by atoms with Crippen molar-refractivity contribution < 1.29 is 14.7 Å². The lowest BCUT2D eigenvalue weighted by atomic mass is 9.89. The summed E-state index contributed by atoms with van der Waals surface area (Å²) in [6, 6.07) is 9.62. The lowest BCUT2D eigenvalue weighted by Crippen LogP contribution is -2.52. The fourth-order valence-electron chi connectivity index (χ4n) is 3.44. The molecule has 7 heteroatoms. The second-order valence-corrected chi connectivity index (χ2v) is 6.80. The van der Waals surface area contributed by atoms with Gasteiger partial charge < -0.3 is 15.3 Å². The van der Waals surface area contributed by atoms with Crippen LogP contribution in [-0.4, -0.2) is 57.3 Å².